The maximum absolute atomic E-state index is 11.4. The first-order valence-electron chi connectivity index (χ1n) is 8.38. The number of hydrogen-bond acceptors (Lipinski definition) is 6. The lowest BCUT2D eigenvalue weighted by atomic mass is 10.3. The number of rotatable bonds is 2. The van der Waals surface area contributed by atoms with Gasteiger partial charge in [-0.3, -0.25) is 9.59 Å². The van der Waals surface area contributed by atoms with Gasteiger partial charge in [-0.05, 0) is 6.07 Å². The number of carbonyl (C=O) groups is 2. The summed E-state index contributed by atoms with van der Waals surface area (Å²) >= 11 is 0. The lowest BCUT2D eigenvalue weighted by molar-refractivity contribution is -0.129. The van der Waals surface area contributed by atoms with Gasteiger partial charge in [0.25, 0.3) is 0 Å². The number of aromatic nitrogens is 2. The molecule has 2 aliphatic rings. The van der Waals surface area contributed by atoms with Crippen molar-refractivity contribution >= 4 is 23.6 Å². The Labute approximate surface area is 142 Å². The average Bonchev–Trinajstić information content (AvgIpc) is 2.62. The number of hydrogen-bond donors (Lipinski definition) is 0. The van der Waals surface area contributed by atoms with E-state index in [9.17, 15) is 9.59 Å². The molecule has 0 bridgehead atoms. The minimum atomic E-state index is 0.118. The standard InChI is InChI=1S/C16H24N6O2/c1-13(23)19-5-9-21(10-6-19)15-3-4-17-16(18-15)22-11-7-20(8-12-22)14(2)24/h3-4H,5-12H2,1-2H3. The minimum Gasteiger partial charge on any atom is -0.353 e. The zero-order valence-corrected chi connectivity index (χ0v) is 14.3. The van der Waals surface area contributed by atoms with E-state index in [0.29, 0.717) is 19.0 Å². The maximum atomic E-state index is 11.4. The summed E-state index contributed by atoms with van der Waals surface area (Å²) in [5, 5.41) is 0. The Kier molecular flexibility index (Phi) is 4.82. The van der Waals surface area contributed by atoms with E-state index in [2.05, 4.69) is 14.8 Å². The highest BCUT2D eigenvalue weighted by Crippen LogP contribution is 2.18. The van der Waals surface area contributed by atoms with Crippen molar-refractivity contribution in [3.05, 3.63) is 12.3 Å². The van der Waals surface area contributed by atoms with Gasteiger partial charge in [0.1, 0.15) is 5.82 Å². The van der Waals surface area contributed by atoms with E-state index in [0.717, 1.165) is 45.1 Å². The van der Waals surface area contributed by atoms with Gasteiger partial charge in [-0.15, -0.1) is 0 Å². The van der Waals surface area contributed by atoms with E-state index in [1.165, 1.54) is 0 Å². The van der Waals surface area contributed by atoms with E-state index in [-0.39, 0.29) is 11.8 Å². The Morgan fingerprint density at radius 3 is 1.83 bits per heavy atom. The fourth-order valence-electron chi connectivity index (χ4n) is 3.14. The molecule has 0 unspecified atom stereocenters. The van der Waals surface area contributed by atoms with Crippen molar-refractivity contribution in [2.75, 3.05) is 62.2 Å². The molecule has 0 N–H and O–H groups in total. The van der Waals surface area contributed by atoms with Crippen LogP contribution in [0.5, 0.6) is 0 Å². The van der Waals surface area contributed by atoms with Crippen LogP contribution in [0.3, 0.4) is 0 Å². The molecule has 0 spiro atoms. The van der Waals surface area contributed by atoms with Crippen LogP contribution in [0.15, 0.2) is 12.3 Å². The molecule has 1 aromatic rings. The molecule has 24 heavy (non-hydrogen) atoms. The SMILES string of the molecule is CC(=O)N1CCN(c2ccnc(N3CCN(C(C)=O)CC3)n2)CC1. The summed E-state index contributed by atoms with van der Waals surface area (Å²) in [7, 11) is 0. The second-order valence-corrected chi connectivity index (χ2v) is 6.20. The van der Waals surface area contributed by atoms with Gasteiger partial charge in [-0.25, -0.2) is 4.98 Å². The molecule has 2 amide bonds. The van der Waals surface area contributed by atoms with E-state index in [4.69, 9.17) is 4.98 Å². The number of nitrogens with zero attached hydrogens (tertiary/aromatic N) is 6. The van der Waals surface area contributed by atoms with Crippen LogP contribution in [0.25, 0.3) is 0 Å². The predicted molar refractivity (Wildman–Crippen MR) is 91.0 cm³/mol. The molecule has 8 nitrogen and oxygen atoms in total. The van der Waals surface area contributed by atoms with E-state index < -0.39 is 0 Å². The number of piperazine rings is 2. The molecular formula is C16H24N6O2. The highest BCUT2D eigenvalue weighted by atomic mass is 16.2. The Hall–Kier alpha value is -2.38. The van der Waals surface area contributed by atoms with Crippen LogP contribution in [0.4, 0.5) is 11.8 Å². The molecule has 3 rings (SSSR count). The molecule has 2 saturated heterocycles. The van der Waals surface area contributed by atoms with Crippen molar-refractivity contribution in [2.45, 2.75) is 13.8 Å². The third-order valence-corrected chi connectivity index (χ3v) is 4.68. The molecule has 8 heteroatoms. The van der Waals surface area contributed by atoms with Gasteiger partial charge in [0.2, 0.25) is 17.8 Å². The number of anilines is 2. The highest BCUT2D eigenvalue weighted by molar-refractivity contribution is 5.74. The summed E-state index contributed by atoms with van der Waals surface area (Å²) in [5.74, 6) is 1.86. The van der Waals surface area contributed by atoms with E-state index >= 15 is 0 Å². The second kappa shape index (κ2) is 7.02. The Morgan fingerprint density at radius 2 is 1.33 bits per heavy atom. The Bertz CT molecular complexity index is 557. The highest BCUT2D eigenvalue weighted by Gasteiger charge is 2.23. The van der Waals surface area contributed by atoms with Crippen LogP contribution in [-0.2, 0) is 9.59 Å². The molecule has 2 aliphatic heterocycles. The Balaban J connectivity index is 1.63. The molecule has 0 atom stereocenters. The van der Waals surface area contributed by atoms with Gasteiger partial charge in [0, 0.05) is 72.4 Å². The molecule has 130 valence electrons. The second-order valence-electron chi connectivity index (χ2n) is 6.20. The summed E-state index contributed by atoms with van der Waals surface area (Å²) in [6.45, 7) is 9.16. The number of carbonyl (C=O) groups excluding carboxylic acids is 2. The normalized spacial score (nSPS) is 18.8. The van der Waals surface area contributed by atoms with Crippen LogP contribution >= 0.6 is 0 Å². The largest absolute Gasteiger partial charge is 0.353 e. The zero-order chi connectivity index (χ0) is 17.1. The van der Waals surface area contributed by atoms with Gasteiger partial charge in [0.05, 0.1) is 0 Å². The van der Waals surface area contributed by atoms with E-state index in [1.54, 1.807) is 20.0 Å². The quantitative estimate of drug-likeness (QED) is 0.748. The fraction of sp³-hybridized carbons (Fsp3) is 0.625. The lowest BCUT2D eigenvalue weighted by Gasteiger charge is -2.36. The molecule has 0 radical (unpaired) electrons. The average molecular weight is 332 g/mol. The monoisotopic (exact) mass is 332 g/mol. The third kappa shape index (κ3) is 3.58. The van der Waals surface area contributed by atoms with Crippen LogP contribution in [0, 0.1) is 0 Å². The molecular weight excluding hydrogens is 308 g/mol. The molecule has 3 heterocycles. The first-order chi connectivity index (χ1) is 11.5. The van der Waals surface area contributed by atoms with Crippen molar-refractivity contribution < 1.29 is 9.59 Å². The summed E-state index contributed by atoms with van der Waals surface area (Å²) in [4.78, 5) is 39.9. The van der Waals surface area contributed by atoms with Crippen LogP contribution in [-0.4, -0.2) is 83.9 Å². The summed E-state index contributed by atoms with van der Waals surface area (Å²) in [6, 6.07) is 1.92. The van der Waals surface area contributed by atoms with Crippen molar-refractivity contribution in [2.24, 2.45) is 0 Å². The van der Waals surface area contributed by atoms with Crippen molar-refractivity contribution in [1.29, 1.82) is 0 Å². The smallest absolute Gasteiger partial charge is 0.227 e. The van der Waals surface area contributed by atoms with Gasteiger partial charge < -0.3 is 19.6 Å². The first kappa shape index (κ1) is 16.5. The molecule has 1 aromatic heterocycles. The van der Waals surface area contributed by atoms with Gasteiger partial charge >= 0.3 is 0 Å². The summed E-state index contributed by atoms with van der Waals surface area (Å²) < 4.78 is 0. The topological polar surface area (TPSA) is 72.9 Å². The molecule has 0 saturated carbocycles. The fourth-order valence-corrected chi connectivity index (χ4v) is 3.14. The van der Waals surface area contributed by atoms with Crippen molar-refractivity contribution in [3.8, 4) is 0 Å². The molecule has 2 fully saturated rings. The zero-order valence-electron chi connectivity index (χ0n) is 14.3. The summed E-state index contributed by atoms with van der Waals surface area (Å²) in [5.41, 5.74) is 0. The first-order valence-corrected chi connectivity index (χ1v) is 8.38. The van der Waals surface area contributed by atoms with Crippen LogP contribution in [0.2, 0.25) is 0 Å². The Morgan fingerprint density at radius 1 is 0.833 bits per heavy atom. The maximum Gasteiger partial charge on any atom is 0.227 e. The summed E-state index contributed by atoms with van der Waals surface area (Å²) in [6.07, 6.45) is 1.78. The van der Waals surface area contributed by atoms with E-state index in [1.807, 2.05) is 15.9 Å². The van der Waals surface area contributed by atoms with Crippen molar-refractivity contribution in [1.82, 2.24) is 19.8 Å². The third-order valence-electron chi connectivity index (χ3n) is 4.68. The van der Waals surface area contributed by atoms with Gasteiger partial charge in [0.15, 0.2) is 0 Å². The minimum absolute atomic E-state index is 0.118. The van der Waals surface area contributed by atoms with Crippen LogP contribution < -0.4 is 9.80 Å². The molecule has 0 aliphatic carbocycles. The van der Waals surface area contributed by atoms with Gasteiger partial charge in [-0.2, -0.15) is 4.98 Å². The van der Waals surface area contributed by atoms with Crippen LogP contribution in [0.1, 0.15) is 13.8 Å². The van der Waals surface area contributed by atoms with Crippen molar-refractivity contribution in [3.63, 3.8) is 0 Å². The predicted octanol–water partition coefficient (Wildman–Crippen LogP) is -0.186. The lowest BCUT2D eigenvalue weighted by Crippen LogP contribution is -2.49. The number of amides is 2. The van der Waals surface area contributed by atoms with Gasteiger partial charge in [-0.1, -0.05) is 0 Å². The molecule has 0 aromatic carbocycles.